The van der Waals surface area contributed by atoms with Crippen LogP contribution in [0.5, 0.6) is 5.75 Å². The average Bonchev–Trinajstić information content (AvgIpc) is 2.70. The van der Waals surface area contributed by atoms with Crippen LogP contribution in [0, 0.1) is 5.92 Å². The van der Waals surface area contributed by atoms with Gasteiger partial charge in [-0.05, 0) is 37.1 Å². The summed E-state index contributed by atoms with van der Waals surface area (Å²) in [5, 5.41) is 16.0. The van der Waals surface area contributed by atoms with Crippen LogP contribution in [0.25, 0.3) is 0 Å². The molecule has 0 spiro atoms. The van der Waals surface area contributed by atoms with Crippen molar-refractivity contribution < 1.29 is 23.1 Å². The van der Waals surface area contributed by atoms with Crippen molar-refractivity contribution >= 4 is 60.9 Å². The molecular formula is C19H20BrClN4O5S. The number of amides is 2. The number of hydrogen-bond donors (Lipinski definition) is 3. The molecule has 31 heavy (non-hydrogen) atoms. The molecule has 1 saturated heterocycles. The van der Waals surface area contributed by atoms with Gasteiger partial charge in [0.25, 0.3) is 5.91 Å². The molecule has 1 aromatic carbocycles. The second-order valence-corrected chi connectivity index (χ2v) is 10.4. The molecule has 2 amide bonds. The van der Waals surface area contributed by atoms with E-state index in [0.29, 0.717) is 22.3 Å². The molecule has 3 rings (SSSR count). The van der Waals surface area contributed by atoms with E-state index >= 15 is 0 Å². The maximum atomic E-state index is 12.8. The number of phenols is 1. The highest BCUT2D eigenvalue weighted by molar-refractivity contribution is 9.10. The molecule has 1 fully saturated rings. The fraction of sp³-hybridized carbons (Fsp3) is 0.316. The number of carbonyl (C=O) groups is 2. The summed E-state index contributed by atoms with van der Waals surface area (Å²) < 4.78 is 25.1. The van der Waals surface area contributed by atoms with Crippen molar-refractivity contribution in [3.8, 4) is 5.75 Å². The molecule has 0 unspecified atom stereocenters. The van der Waals surface area contributed by atoms with Gasteiger partial charge in [-0.1, -0.05) is 27.5 Å². The van der Waals surface area contributed by atoms with Gasteiger partial charge in [0.2, 0.25) is 15.9 Å². The van der Waals surface area contributed by atoms with E-state index in [9.17, 15) is 23.1 Å². The first-order valence-corrected chi connectivity index (χ1v) is 12.3. The first kappa shape index (κ1) is 23.5. The van der Waals surface area contributed by atoms with E-state index in [0.717, 1.165) is 6.26 Å². The number of aromatic nitrogens is 1. The molecule has 2 heterocycles. The van der Waals surface area contributed by atoms with Gasteiger partial charge in [-0.15, -0.1) is 0 Å². The molecule has 166 valence electrons. The predicted molar refractivity (Wildman–Crippen MR) is 121 cm³/mol. The Bertz CT molecular complexity index is 1100. The first-order valence-electron chi connectivity index (χ1n) is 9.26. The van der Waals surface area contributed by atoms with Crippen LogP contribution in [-0.4, -0.2) is 54.0 Å². The zero-order valence-corrected chi connectivity index (χ0v) is 19.6. The summed E-state index contributed by atoms with van der Waals surface area (Å²) in [6.45, 7) is 0.470. The number of nitrogens with one attached hydrogen (secondary N) is 2. The lowest BCUT2D eigenvalue weighted by Gasteiger charge is -2.29. The molecule has 0 aliphatic carbocycles. The minimum absolute atomic E-state index is 0.0329. The van der Waals surface area contributed by atoms with Crippen LogP contribution >= 0.6 is 27.5 Å². The summed E-state index contributed by atoms with van der Waals surface area (Å²) >= 11 is 9.03. The predicted octanol–water partition coefficient (Wildman–Crippen LogP) is 3.07. The van der Waals surface area contributed by atoms with Crippen LogP contribution in [0.4, 0.5) is 11.5 Å². The SMILES string of the molecule is CS(=O)(=O)N1CCC(C(=O)Nc2c(O)cc(Br)cc2C(=O)Nc2ccc(Cl)cn2)CC1. The van der Waals surface area contributed by atoms with Crippen molar-refractivity contribution in [2.24, 2.45) is 5.92 Å². The summed E-state index contributed by atoms with van der Waals surface area (Å²) in [5.41, 5.74) is -0.00393. The average molecular weight is 532 g/mol. The highest BCUT2D eigenvalue weighted by Crippen LogP contribution is 2.33. The van der Waals surface area contributed by atoms with Gasteiger partial charge < -0.3 is 15.7 Å². The molecule has 12 heteroatoms. The molecule has 1 aliphatic rings. The third-order valence-electron chi connectivity index (χ3n) is 4.84. The summed E-state index contributed by atoms with van der Waals surface area (Å²) in [7, 11) is -3.31. The lowest BCUT2D eigenvalue weighted by atomic mass is 9.97. The Hall–Kier alpha value is -2.21. The van der Waals surface area contributed by atoms with Gasteiger partial charge >= 0.3 is 0 Å². The highest BCUT2D eigenvalue weighted by atomic mass is 79.9. The van der Waals surface area contributed by atoms with E-state index in [1.807, 2.05) is 0 Å². The summed E-state index contributed by atoms with van der Waals surface area (Å²) in [4.78, 5) is 29.6. The number of carbonyl (C=O) groups excluding carboxylic acids is 2. The summed E-state index contributed by atoms with van der Waals surface area (Å²) in [6.07, 6.45) is 3.19. The smallest absolute Gasteiger partial charge is 0.259 e. The number of anilines is 2. The van der Waals surface area contributed by atoms with E-state index in [1.54, 1.807) is 6.07 Å². The van der Waals surface area contributed by atoms with Crippen LogP contribution in [0.2, 0.25) is 5.02 Å². The van der Waals surface area contributed by atoms with Gasteiger partial charge in [0.1, 0.15) is 11.6 Å². The van der Waals surface area contributed by atoms with Gasteiger partial charge in [0, 0.05) is 29.7 Å². The second-order valence-electron chi connectivity index (χ2n) is 7.09. The Morgan fingerprint density at radius 1 is 1.23 bits per heavy atom. The Labute approximate surface area is 193 Å². The molecule has 0 saturated carbocycles. The fourth-order valence-electron chi connectivity index (χ4n) is 3.21. The number of aromatic hydroxyl groups is 1. The van der Waals surface area contributed by atoms with E-state index in [2.05, 4.69) is 31.5 Å². The van der Waals surface area contributed by atoms with Crippen molar-refractivity contribution in [2.75, 3.05) is 30.0 Å². The number of phenolic OH excluding ortho intramolecular Hbond substituents is 1. The third kappa shape index (κ3) is 5.94. The number of halogens is 2. The van der Waals surface area contributed by atoms with Gasteiger partial charge in [0.05, 0.1) is 22.5 Å². The number of hydrogen-bond acceptors (Lipinski definition) is 6. The first-order chi connectivity index (χ1) is 14.5. The number of piperidine rings is 1. The quantitative estimate of drug-likeness (QED) is 0.509. The van der Waals surface area contributed by atoms with Crippen LogP contribution in [0.3, 0.4) is 0 Å². The van der Waals surface area contributed by atoms with Crippen LogP contribution in [-0.2, 0) is 14.8 Å². The van der Waals surface area contributed by atoms with Crippen molar-refractivity contribution in [3.05, 3.63) is 45.5 Å². The maximum absolute atomic E-state index is 12.8. The standard InChI is InChI=1S/C19H20BrClN4O5S/c1-31(29,30)25-6-4-11(5-7-25)18(27)24-17-14(8-12(20)9-15(17)26)19(28)23-16-3-2-13(21)10-22-16/h2-3,8-11,26H,4-7H2,1H3,(H,24,27)(H,22,23,28). The minimum Gasteiger partial charge on any atom is -0.506 e. The largest absolute Gasteiger partial charge is 0.506 e. The Morgan fingerprint density at radius 3 is 2.48 bits per heavy atom. The van der Waals surface area contributed by atoms with Crippen LogP contribution in [0.1, 0.15) is 23.2 Å². The monoisotopic (exact) mass is 530 g/mol. The lowest BCUT2D eigenvalue weighted by molar-refractivity contribution is -0.120. The van der Waals surface area contributed by atoms with Gasteiger partial charge in [0.15, 0.2) is 0 Å². The van der Waals surface area contributed by atoms with Gasteiger partial charge in [-0.3, -0.25) is 9.59 Å². The van der Waals surface area contributed by atoms with Crippen LogP contribution < -0.4 is 10.6 Å². The number of nitrogens with zero attached hydrogens (tertiary/aromatic N) is 2. The molecule has 0 bridgehead atoms. The van der Waals surface area contributed by atoms with Crippen molar-refractivity contribution in [1.29, 1.82) is 0 Å². The highest BCUT2D eigenvalue weighted by Gasteiger charge is 2.30. The number of sulfonamides is 1. The lowest BCUT2D eigenvalue weighted by Crippen LogP contribution is -2.41. The van der Waals surface area contributed by atoms with Crippen molar-refractivity contribution in [3.63, 3.8) is 0 Å². The Balaban J connectivity index is 1.77. The zero-order chi connectivity index (χ0) is 22.8. The van der Waals surface area contributed by atoms with Gasteiger partial charge in [-0.2, -0.15) is 0 Å². The molecule has 9 nitrogen and oxygen atoms in total. The van der Waals surface area contributed by atoms with Crippen molar-refractivity contribution in [1.82, 2.24) is 9.29 Å². The van der Waals surface area contributed by atoms with E-state index in [4.69, 9.17) is 11.6 Å². The number of benzene rings is 1. The van der Waals surface area contributed by atoms with E-state index in [1.165, 1.54) is 28.7 Å². The maximum Gasteiger partial charge on any atom is 0.259 e. The summed E-state index contributed by atoms with van der Waals surface area (Å²) in [5.74, 6) is -1.47. The van der Waals surface area contributed by atoms with Crippen LogP contribution in [0.15, 0.2) is 34.9 Å². The molecule has 1 aliphatic heterocycles. The molecular weight excluding hydrogens is 512 g/mol. The Kier molecular flexibility index (Phi) is 7.20. The van der Waals surface area contributed by atoms with E-state index in [-0.39, 0.29) is 35.9 Å². The molecule has 2 aromatic rings. The minimum atomic E-state index is -3.31. The van der Waals surface area contributed by atoms with E-state index < -0.39 is 27.8 Å². The normalized spacial score (nSPS) is 15.5. The number of rotatable bonds is 5. The third-order valence-corrected chi connectivity index (χ3v) is 6.82. The molecule has 1 aromatic heterocycles. The van der Waals surface area contributed by atoms with Crippen molar-refractivity contribution in [2.45, 2.75) is 12.8 Å². The van der Waals surface area contributed by atoms with Gasteiger partial charge in [-0.25, -0.2) is 17.7 Å². The molecule has 0 atom stereocenters. The fourth-order valence-corrected chi connectivity index (χ4v) is 4.64. The number of pyridine rings is 1. The molecule has 0 radical (unpaired) electrons. The molecule has 3 N–H and O–H groups in total. The Morgan fingerprint density at radius 2 is 1.90 bits per heavy atom. The summed E-state index contributed by atoms with van der Waals surface area (Å²) in [6, 6.07) is 5.91. The second kappa shape index (κ2) is 9.51. The topological polar surface area (TPSA) is 129 Å². The zero-order valence-electron chi connectivity index (χ0n) is 16.4.